The van der Waals surface area contributed by atoms with E-state index in [9.17, 15) is 13.2 Å². The Morgan fingerprint density at radius 3 is 2.74 bits per heavy atom. The topological polar surface area (TPSA) is 116 Å². The van der Waals surface area contributed by atoms with Gasteiger partial charge in [0.1, 0.15) is 0 Å². The number of nitrogens with one attached hydrogen (secondary N) is 1. The second-order valence-corrected chi connectivity index (χ2v) is 7.90. The third-order valence-electron chi connectivity index (χ3n) is 3.54. The average Bonchev–Trinajstić information content (AvgIpc) is 3.03. The molecule has 0 aliphatic heterocycles. The van der Waals surface area contributed by atoms with Crippen LogP contribution in [0.4, 0.5) is 5.69 Å². The Hall–Kier alpha value is -2.72. The number of rotatable bonds is 5. The van der Waals surface area contributed by atoms with Gasteiger partial charge in [-0.05, 0) is 44.5 Å². The summed E-state index contributed by atoms with van der Waals surface area (Å²) < 4.78 is 34.3. The molecule has 3 rings (SSSR count). The number of carbonyl (C=O) groups excluding carboxylic acids is 1. The van der Waals surface area contributed by atoms with Crippen molar-refractivity contribution in [3.8, 4) is 0 Å². The zero-order valence-electron chi connectivity index (χ0n) is 14.7. The summed E-state index contributed by atoms with van der Waals surface area (Å²) in [6.07, 6.45) is 2.61. The molecule has 2 heterocycles. The molecule has 3 aromatic rings. The SMILES string of the molecule is Cc1c(Cl)ccc(C(=O)OC(C)C)c1NS(=O)(=O)c1nc2ncccn2n1. The molecule has 0 aliphatic carbocycles. The Morgan fingerprint density at radius 1 is 1.33 bits per heavy atom. The fourth-order valence-electron chi connectivity index (χ4n) is 2.27. The van der Waals surface area contributed by atoms with Gasteiger partial charge in [-0.1, -0.05) is 11.6 Å². The number of nitrogens with zero attached hydrogens (tertiary/aromatic N) is 4. The van der Waals surface area contributed by atoms with Crippen molar-refractivity contribution in [2.45, 2.75) is 32.0 Å². The van der Waals surface area contributed by atoms with Gasteiger partial charge in [0.25, 0.3) is 21.0 Å². The molecule has 1 aromatic carbocycles. The van der Waals surface area contributed by atoms with E-state index in [0.29, 0.717) is 10.6 Å². The molecule has 0 spiro atoms. The predicted octanol–water partition coefficient (Wildman–Crippen LogP) is 2.45. The summed E-state index contributed by atoms with van der Waals surface area (Å²) in [5, 5.41) is 3.71. The summed E-state index contributed by atoms with van der Waals surface area (Å²) >= 11 is 6.10. The number of carbonyl (C=O) groups is 1. The molecule has 11 heteroatoms. The van der Waals surface area contributed by atoms with Gasteiger partial charge >= 0.3 is 5.97 Å². The molecular formula is C16H16ClN5O4S. The standard InChI is InChI=1S/C16H16ClN5O4S/c1-9(2)26-14(23)11-5-6-12(17)10(3)13(11)21-27(24,25)16-19-15-18-7-4-8-22(15)20-16/h4-9,21H,1-3H3. The minimum Gasteiger partial charge on any atom is -0.459 e. The number of hydrogen-bond acceptors (Lipinski definition) is 7. The van der Waals surface area contributed by atoms with E-state index in [1.165, 1.54) is 29.0 Å². The summed E-state index contributed by atoms with van der Waals surface area (Å²) in [5.74, 6) is -0.549. The molecule has 9 nitrogen and oxygen atoms in total. The number of halogens is 1. The second kappa shape index (κ2) is 7.12. The largest absolute Gasteiger partial charge is 0.459 e. The lowest BCUT2D eigenvalue weighted by atomic mass is 10.1. The molecule has 1 N–H and O–H groups in total. The molecule has 0 fully saturated rings. The van der Waals surface area contributed by atoms with Gasteiger partial charge in [-0.15, -0.1) is 5.10 Å². The highest BCUT2D eigenvalue weighted by molar-refractivity contribution is 7.92. The molecular weight excluding hydrogens is 394 g/mol. The van der Waals surface area contributed by atoms with E-state index in [4.69, 9.17) is 16.3 Å². The van der Waals surface area contributed by atoms with Crippen LogP contribution in [0.25, 0.3) is 5.78 Å². The zero-order chi connectivity index (χ0) is 19.8. The summed E-state index contributed by atoms with van der Waals surface area (Å²) in [4.78, 5) is 20.2. The van der Waals surface area contributed by atoms with Gasteiger partial charge in [0, 0.05) is 17.4 Å². The van der Waals surface area contributed by atoms with E-state index >= 15 is 0 Å². The van der Waals surface area contributed by atoms with Crippen LogP contribution in [0.5, 0.6) is 0 Å². The zero-order valence-corrected chi connectivity index (χ0v) is 16.2. The molecule has 0 saturated heterocycles. The molecule has 0 radical (unpaired) electrons. The first kappa shape index (κ1) is 19.1. The predicted molar refractivity (Wildman–Crippen MR) is 98.3 cm³/mol. The third kappa shape index (κ3) is 3.86. The molecule has 0 bridgehead atoms. The Balaban J connectivity index is 2.05. The number of benzene rings is 1. The summed E-state index contributed by atoms with van der Waals surface area (Å²) in [5.41, 5.74) is 0.427. The van der Waals surface area contributed by atoms with E-state index in [1.54, 1.807) is 26.8 Å². The molecule has 2 aromatic heterocycles. The summed E-state index contributed by atoms with van der Waals surface area (Å²) in [6.45, 7) is 4.97. The van der Waals surface area contributed by atoms with E-state index in [0.717, 1.165) is 0 Å². The minimum absolute atomic E-state index is 0.0139. The van der Waals surface area contributed by atoms with Crippen molar-refractivity contribution in [2.24, 2.45) is 0 Å². The van der Waals surface area contributed by atoms with Crippen molar-refractivity contribution in [1.82, 2.24) is 19.6 Å². The van der Waals surface area contributed by atoms with E-state index in [-0.39, 0.29) is 23.1 Å². The molecule has 142 valence electrons. The van der Waals surface area contributed by atoms with Crippen molar-refractivity contribution in [1.29, 1.82) is 0 Å². The number of fused-ring (bicyclic) bond motifs is 1. The van der Waals surface area contributed by atoms with Crippen LogP contribution in [0.15, 0.2) is 35.7 Å². The lowest BCUT2D eigenvalue weighted by Gasteiger charge is -2.15. The monoisotopic (exact) mass is 409 g/mol. The van der Waals surface area contributed by atoms with Crippen LogP contribution < -0.4 is 4.72 Å². The van der Waals surface area contributed by atoms with Crippen molar-refractivity contribution >= 4 is 39.1 Å². The van der Waals surface area contributed by atoms with Gasteiger partial charge in [0.2, 0.25) is 0 Å². The van der Waals surface area contributed by atoms with Crippen LogP contribution in [-0.4, -0.2) is 40.1 Å². The lowest BCUT2D eigenvalue weighted by molar-refractivity contribution is 0.0379. The van der Waals surface area contributed by atoms with Crippen LogP contribution in [0.2, 0.25) is 5.02 Å². The normalized spacial score (nSPS) is 11.7. The van der Waals surface area contributed by atoms with Crippen LogP contribution in [0.1, 0.15) is 29.8 Å². The highest BCUT2D eigenvalue weighted by atomic mass is 35.5. The fourth-order valence-corrected chi connectivity index (χ4v) is 3.45. The quantitative estimate of drug-likeness (QED) is 0.643. The minimum atomic E-state index is -4.20. The maximum absolute atomic E-state index is 12.8. The van der Waals surface area contributed by atoms with E-state index in [2.05, 4.69) is 19.8 Å². The Bertz CT molecular complexity index is 1090. The van der Waals surface area contributed by atoms with Gasteiger partial charge in [-0.3, -0.25) is 4.72 Å². The maximum atomic E-state index is 12.8. The van der Waals surface area contributed by atoms with Crippen molar-refractivity contribution in [3.63, 3.8) is 0 Å². The van der Waals surface area contributed by atoms with Gasteiger partial charge in [-0.25, -0.2) is 14.3 Å². The smallest absolute Gasteiger partial charge is 0.340 e. The number of hydrogen-bond donors (Lipinski definition) is 1. The van der Waals surface area contributed by atoms with Gasteiger partial charge in [0.15, 0.2) is 0 Å². The molecule has 0 atom stereocenters. The summed E-state index contributed by atoms with van der Waals surface area (Å²) in [6, 6.07) is 4.49. The first-order valence-corrected chi connectivity index (χ1v) is 9.75. The number of anilines is 1. The first-order chi connectivity index (χ1) is 12.7. The first-order valence-electron chi connectivity index (χ1n) is 7.89. The average molecular weight is 410 g/mol. The second-order valence-electron chi connectivity index (χ2n) is 5.91. The van der Waals surface area contributed by atoms with Crippen molar-refractivity contribution in [2.75, 3.05) is 4.72 Å². The third-order valence-corrected chi connectivity index (χ3v) is 5.07. The number of ether oxygens (including phenoxy) is 1. The van der Waals surface area contributed by atoms with Gasteiger partial charge in [-0.2, -0.15) is 13.4 Å². The van der Waals surface area contributed by atoms with Crippen LogP contribution >= 0.6 is 11.6 Å². The van der Waals surface area contributed by atoms with E-state index < -0.39 is 21.1 Å². The molecule has 0 amide bonds. The van der Waals surface area contributed by atoms with Crippen LogP contribution in [0, 0.1) is 6.92 Å². The molecule has 0 unspecified atom stereocenters. The number of sulfonamides is 1. The van der Waals surface area contributed by atoms with Crippen LogP contribution in [0.3, 0.4) is 0 Å². The Morgan fingerprint density at radius 2 is 2.07 bits per heavy atom. The number of aromatic nitrogens is 4. The van der Waals surface area contributed by atoms with Crippen molar-refractivity contribution < 1.29 is 17.9 Å². The van der Waals surface area contributed by atoms with Gasteiger partial charge in [0.05, 0.1) is 17.4 Å². The molecule has 27 heavy (non-hydrogen) atoms. The van der Waals surface area contributed by atoms with Crippen molar-refractivity contribution in [3.05, 3.63) is 46.7 Å². The fraction of sp³-hybridized carbons (Fsp3) is 0.250. The Labute approximate surface area is 160 Å². The lowest BCUT2D eigenvalue weighted by Crippen LogP contribution is -2.20. The Kier molecular flexibility index (Phi) is 5.03. The highest BCUT2D eigenvalue weighted by Crippen LogP contribution is 2.30. The maximum Gasteiger partial charge on any atom is 0.340 e. The number of esters is 1. The summed E-state index contributed by atoms with van der Waals surface area (Å²) in [7, 11) is -4.20. The highest BCUT2D eigenvalue weighted by Gasteiger charge is 2.26. The van der Waals surface area contributed by atoms with Crippen LogP contribution in [-0.2, 0) is 14.8 Å². The molecule has 0 saturated carbocycles. The van der Waals surface area contributed by atoms with E-state index in [1.807, 2.05) is 0 Å². The van der Waals surface area contributed by atoms with Gasteiger partial charge < -0.3 is 4.74 Å². The molecule has 0 aliphatic rings.